The van der Waals surface area contributed by atoms with Crippen LogP contribution >= 0.6 is 0 Å². The van der Waals surface area contributed by atoms with E-state index in [0.717, 1.165) is 19.3 Å². The van der Waals surface area contributed by atoms with Gasteiger partial charge in [0.2, 0.25) is 0 Å². The molecule has 1 unspecified atom stereocenters. The lowest BCUT2D eigenvalue weighted by Crippen LogP contribution is -2.13. The molecule has 0 aliphatic rings. The van der Waals surface area contributed by atoms with Crippen LogP contribution in [0.1, 0.15) is 32.3 Å². The van der Waals surface area contributed by atoms with E-state index in [1.165, 1.54) is 5.56 Å². The summed E-state index contributed by atoms with van der Waals surface area (Å²) in [6.45, 7) is 4.08. The van der Waals surface area contributed by atoms with Crippen molar-refractivity contribution in [3.63, 3.8) is 0 Å². The molecule has 1 rings (SSSR count). The van der Waals surface area contributed by atoms with Gasteiger partial charge in [-0.3, -0.25) is 4.68 Å². The summed E-state index contributed by atoms with van der Waals surface area (Å²) in [6, 6.07) is 2.38. The van der Waals surface area contributed by atoms with E-state index < -0.39 is 0 Å². The summed E-state index contributed by atoms with van der Waals surface area (Å²) in [5.41, 5.74) is 1.03. The number of aromatic nitrogens is 2. The van der Waals surface area contributed by atoms with Gasteiger partial charge in [-0.2, -0.15) is 10.4 Å². The van der Waals surface area contributed by atoms with Crippen LogP contribution in [0.2, 0.25) is 0 Å². The highest BCUT2D eigenvalue weighted by Gasteiger charge is 2.20. The molecule has 0 saturated heterocycles. The van der Waals surface area contributed by atoms with Crippen molar-refractivity contribution in [1.29, 1.82) is 5.26 Å². The van der Waals surface area contributed by atoms with Gasteiger partial charge in [0.25, 0.3) is 0 Å². The maximum Gasteiger partial charge on any atom is 0.0686 e. The first-order valence-corrected chi connectivity index (χ1v) is 4.98. The van der Waals surface area contributed by atoms with Gasteiger partial charge in [-0.1, -0.05) is 6.92 Å². The molecule has 0 fully saturated rings. The second-order valence-corrected chi connectivity index (χ2v) is 4.05. The van der Waals surface area contributed by atoms with Gasteiger partial charge in [0.05, 0.1) is 17.7 Å². The van der Waals surface area contributed by atoms with Gasteiger partial charge in [0.15, 0.2) is 0 Å². The van der Waals surface area contributed by atoms with Gasteiger partial charge in [0, 0.05) is 13.2 Å². The summed E-state index contributed by atoms with van der Waals surface area (Å²) in [4.78, 5) is 0. The highest BCUT2D eigenvalue weighted by atomic mass is 15.2. The number of nitrogens with zero attached hydrogens (tertiary/aromatic N) is 3. The van der Waals surface area contributed by atoms with Crippen LogP contribution in [0.5, 0.6) is 0 Å². The zero-order valence-corrected chi connectivity index (χ0v) is 9.12. The predicted octanol–water partition coefficient (Wildman–Crippen LogP) is 2.29. The van der Waals surface area contributed by atoms with Crippen molar-refractivity contribution in [2.45, 2.75) is 33.1 Å². The van der Waals surface area contributed by atoms with Gasteiger partial charge < -0.3 is 0 Å². The van der Waals surface area contributed by atoms with E-state index in [9.17, 15) is 0 Å². The number of rotatable bonds is 4. The SMILES string of the molecule is CCC(C)(C#N)CCc1cnn(C)c1. The molecule has 0 amide bonds. The van der Waals surface area contributed by atoms with Gasteiger partial charge >= 0.3 is 0 Å². The highest BCUT2D eigenvalue weighted by Crippen LogP contribution is 2.26. The van der Waals surface area contributed by atoms with E-state index in [1.807, 2.05) is 26.4 Å². The van der Waals surface area contributed by atoms with E-state index in [4.69, 9.17) is 5.26 Å². The molecular formula is C11H17N3. The molecule has 0 spiro atoms. The van der Waals surface area contributed by atoms with Crippen molar-refractivity contribution in [1.82, 2.24) is 9.78 Å². The van der Waals surface area contributed by atoms with E-state index in [0.29, 0.717) is 0 Å². The Bertz CT molecular complexity index is 335. The number of aryl methyl sites for hydroxylation is 2. The summed E-state index contributed by atoms with van der Waals surface area (Å²) in [7, 11) is 1.91. The molecular weight excluding hydrogens is 174 g/mol. The fourth-order valence-corrected chi connectivity index (χ4v) is 1.33. The number of hydrogen-bond donors (Lipinski definition) is 0. The third kappa shape index (κ3) is 2.59. The minimum absolute atomic E-state index is 0.185. The van der Waals surface area contributed by atoms with Crippen molar-refractivity contribution >= 4 is 0 Å². The molecule has 1 heterocycles. The van der Waals surface area contributed by atoms with Gasteiger partial charge in [0.1, 0.15) is 0 Å². The Morgan fingerprint density at radius 3 is 2.79 bits per heavy atom. The zero-order valence-electron chi connectivity index (χ0n) is 9.12. The second-order valence-electron chi connectivity index (χ2n) is 4.05. The van der Waals surface area contributed by atoms with Crippen LogP contribution in [0, 0.1) is 16.7 Å². The Kier molecular flexibility index (Phi) is 3.29. The first kappa shape index (κ1) is 10.8. The van der Waals surface area contributed by atoms with Crippen LogP contribution in [-0.2, 0) is 13.5 Å². The average molecular weight is 191 g/mol. The molecule has 76 valence electrons. The number of hydrogen-bond acceptors (Lipinski definition) is 2. The first-order valence-electron chi connectivity index (χ1n) is 4.98. The Balaban J connectivity index is 2.52. The summed E-state index contributed by atoms with van der Waals surface area (Å²) < 4.78 is 1.80. The minimum atomic E-state index is -0.185. The van der Waals surface area contributed by atoms with E-state index in [2.05, 4.69) is 18.1 Å². The molecule has 0 radical (unpaired) electrons. The van der Waals surface area contributed by atoms with E-state index in [-0.39, 0.29) is 5.41 Å². The van der Waals surface area contributed by atoms with Crippen LogP contribution in [0.3, 0.4) is 0 Å². The summed E-state index contributed by atoms with van der Waals surface area (Å²) in [6.07, 6.45) is 6.63. The van der Waals surface area contributed by atoms with Crippen LogP contribution in [0.25, 0.3) is 0 Å². The fraction of sp³-hybridized carbons (Fsp3) is 0.636. The summed E-state index contributed by atoms with van der Waals surface area (Å²) in [5.74, 6) is 0. The second kappa shape index (κ2) is 4.28. The van der Waals surface area contributed by atoms with Crippen molar-refractivity contribution in [2.75, 3.05) is 0 Å². The lowest BCUT2D eigenvalue weighted by atomic mass is 9.84. The van der Waals surface area contributed by atoms with Crippen molar-refractivity contribution < 1.29 is 0 Å². The van der Waals surface area contributed by atoms with E-state index >= 15 is 0 Å². The zero-order chi connectivity index (χ0) is 10.6. The predicted molar refractivity (Wildman–Crippen MR) is 55.5 cm³/mol. The summed E-state index contributed by atoms with van der Waals surface area (Å²) >= 11 is 0. The fourth-order valence-electron chi connectivity index (χ4n) is 1.33. The molecule has 1 aromatic rings. The van der Waals surface area contributed by atoms with Crippen molar-refractivity contribution in [3.05, 3.63) is 18.0 Å². The number of nitriles is 1. The lowest BCUT2D eigenvalue weighted by molar-refractivity contribution is 0.391. The average Bonchev–Trinajstić information content (AvgIpc) is 2.61. The van der Waals surface area contributed by atoms with Crippen LogP contribution in [0.4, 0.5) is 0 Å². The molecule has 0 aliphatic carbocycles. The maximum absolute atomic E-state index is 9.00. The molecule has 0 aliphatic heterocycles. The van der Waals surface area contributed by atoms with E-state index in [1.54, 1.807) is 4.68 Å². The smallest absolute Gasteiger partial charge is 0.0686 e. The molecule has 0 N–H and O–H groups in total. The molecule has 3 heteroatoms. The molecule has 1 aromatic heterocycles. The molecule has 0 saturated carbocycles. The molecule has 0 aromatic carbocycles. The standard InChI is InChI=1S/C11H17N3/c1-4-11(2,9-12)6-5-10-7-13-14(3)8-10/h7-8H,4-6H2,1-3H3. The monoisotopic (exact) mass is 191 g/mol. The molecule has 14 heavy (non-hydrogen) atoms. The third-order valence-electron chi connectivity index (χ3n) is 2.77. The molecule has 1 atom stereocenters. The van der Waals surface area contributed by atoms with Gasteiger partial charge in [-0.15, -0.1) is 0 Å². The van der Waals surface area contributed by atoms with Crippen LogP contribution < -0.4 is 0 Å². The minimum Gasteiger partial charge on any atom is -0.276 e. The summed E-state index contributed by atoms with van der Waals surface area (Å²) in [5, 5.41) is 13.1. The Hall–Kier alpha value is -1.30. The highest BCUT2D eigenvalue weighted by molar-refractivity contribution is 5.06. The van der Waals surface area contributed by atoms with Crippen molar-refractivity contribution in [2.24, 2.45) is 12.5 Å². The van der Waals surface area contributed by atoms with Crippen LogP contribution in [-0.4, -0.2) is 9.78 Å². The quantitative estimate of drug-likeness (QED) is 0.732. The first-order chi connectivity index (χ1) is 6.59. The topological polar surface area (TPSA) is 41.6 Å². The van der Waals surface area contributed by atoms with Gasteiger partial charge in [-0.05, 0) is 31.7 Å². The molecule has 3 nitrogen and oxygen atoms in total. The van der Waals surface area contributed by atoms with Gasteiger partial charge in [-0.25, -0.2) is 0 Å². The Labute approximate surface area is 85.4 Å². The third-order valence-corrected chi connectivity index (χ3v) is 2.77. The maximum atomic E-state index is 9.00. The molecule has 0 bridgehead atoms. The lowest BCUT2D eigenvalue weighted by Gasteiger charge is -2.18. The largest absolute Gasteiger partial charge is 0.276 e. The van der Waals surface area contributed by atoms with Crippen LogP contribution in [0.15, 0.2) is 12.4 Å². The Morgan fingerprint density at radius 1 is 1.64 bits per heavy atom. The normalized spacial score (nSPS) is 14.7. The van der Waals surface area contributed by atoms with Crippen molar-refractivity contribution in [3.8, 4) is 6.07 Å². The Morgan fingerprint density at radius 2 is 2.36 bits per heavy atom.